The second-order valence-electron chi connectivity index (χ2n) is 9.85. The number of aromatic nitrogens is 2. The summed E-state index contributed by atoms with van der Waals surface area (Å²) in [6.07, 6.45) is 8.64. The number of carbonyl (C=O) groups excluding carboxylic acids is 1. The summed E-state index contributed by atoms with van der Waals surface area (Å²) in [7, 11) is 0. The number of quaternary nitrogens is 1. The molecule has 0 N–H and O–H groups in total. The molecule has 188 valence electrons. The number of rotatable bonds is 4. The van der Waals surface area contributed by atoms with Crippen LogP contribution in [-0.4, -0.2) is 80.9 Å². The van der Waals surface area contributed by atoms with Gasteiger partial charge < -0.3 is 9.80 Å². The molecule has 2 aromatic carbocycles. The monoisotopic (exact) mass is 531 g/mol. The smallest absolute Gasteiger partial charge is 0.256 e. The first kappa shape index (κ1) is 23.1. The van der Waals surface area contributed by atoms with Crippen molar-refractivity contribution in [3.8, 4) is 5.69 Å². The number of hydrogen-bond acceptors (Lipinski definition) is 5. The summed E-state index contributed by atoms with van der Waals surface area (Å²) in [5, 5.41) is 3.19. The van der Waals surface area contributed by atoms with Gasteiger partial charge in [0.2, 0.25) is 5.95 Å². The zero-order valence-electron chi connectivity index (χ0n) is 20.5. The standard InChI is InChI=1S/C28H28ClN6OS/c29-22-8-9-26-25(18-22)30-28(34(26)23-5-2-1-3-6-23)31-10-12-33(13-11-31)35-15-4-7-24(35)17-21(19-35)27(36)32-14-16-37-20-32/h1-9,15,17-18H,10-14,16,19-20H2/q+1/t35-/m1/s1. The second kappa shape index (κ2) is 9.06. The number of thioether (sulfide) groups is 1. The van der Waals surface area contributed by atoms with Crippen LogP contribution < -0.4 is 4.90 Å². The second-order valence-corrected chi connectivity index (χ2v) is 11.4. The summed E-state index contributed by atoms with van der Waals surface area (Å²) in [5.41, 5.74) is 5.15. The van der Waals surface area contributed by atoms with E-state index in [-0.39, 0.29) is 5.91 Å². The van der Waals surface area contributed by atoms with Gasteiger partial charge in [0, 0.05) is 48.2 Å². The maximum atomic E-state index is 13.2. The molecule has 0 bridgehead atoms. The minimum Gasteiger partial charge on any atom is -0.339 e. The fourth-order valence-electron chi connectivity index (χ4n) is 5.89. The molecule has 0 saturated carbocycles. The van der Waals surface area contributed by atoms with Crippen LogP contribution in [0.25, 0.3) is 16.7 Å². The molecule has 7 rings (SSSR count). The number of piperazine rings is 1. The average molecular weight is 532 g/mol. The maximum absolute atomic E-state index is 13.2. The van der Waals surface area contributed by atoms with Gasteiger partial charge in [0.25, 0.3) is 5.91 Å². The van der Waals surface area contributed by atoms with Gasteiger partial charge in [0.15, 0.2) is 5.70 Å². The van der Waals surface area contributed by atoms with Crippen LogP contribution in [0.4, 0.5) is 5.95 Å². The van der Waals surface area contributed by atoms with Crippen LogP contribution in [0.1, 0.15) is 0 Å². The van der Waals surface area contributed by atoms with Crippen molar-refractivity contribution < 1.29 is 9.39 Å². The number of amides is 1. The molecule has 1 amide bonds. The van der Waals surface area contributed by atoms with E-state index in [4.69, 9.17) is 16.6 Å². The zero-order chi connectivity index (χ0) is 25.0. The summed E-state index contributed by atoms with van der Waals surface area (Å²) in [6, 6.07) is 16.3. The van der Waals surface area contributed by atoms with Gasteiger partial charge in [-0.05, 0) is 36.4 Å². The highest BCUT2D eigenvalue weighted by atomic mass is 35.5. The van der Waals surface area contributed by atoms with E-state index in [0.717, 1.165) is 72.6 Å². The minimum absolute atomic E-state index is 0.195. The number of nitrogens with zero attached hydrogens (tertiary/aromatic N) is 6. The molecule has 3 aromatic rings. The van der Waals surface area contributed by atoms with Crippen molar-refractivity contribution >= 4 is 46.3 Å². The molecule has 37 heavy (non-hydrogen) atoms. The molecule has 2 fully saturated rings. The molecule has 7 nitrogen and oxygen atoms in total. The molecular weight excluding hydrogens is 504 g/mol. The van der Waals surface area contributed by atoms with Gasteiger partial charge in [0.1, 0.15) is 12.7 Å². The van der Waals surface area contributed by atoms with Crippen LogP contribution in [0.2, 0.25) is 5.02 Å². The number of benzene rings is 2. The lowest BCUT2D eigenvalue weighted by molar-refractivity contribution is -0.948. The molecule has 1 aromatic heterocycles. The number of allylic oxidation sites excluding steroid dienone is 3. The number of fused-ring (bicyclic) bond motifs is 2. The van der Waals surface area contributed by atoms with Crippen LogP contribution >= 0.6 is 23.4 Å². The Kier molecular flexibility index (Phi) is 5.66. The number of anilines is 1. The fraction of sp³-hybridized carbons (Fsp3) is 0.286. The topological polar surface area (TPSA) is 44.6 Å². The number of hydrogen-bond donors (Lipinski definition) is 0. The van der Waals surface area contributed by atoms with Gasteiger partial charge in [-0.15, -0.1) is 16.8 Å². The van der Waals surface area contributed by atoms with Gasteiger partial charge in [-0.1, -0.05) is 29.8 Å². The largest absolute Gasteiger partial charge is 0.339 e. The lowest BCUT2D eigenvalue weighted by Crippen LogP contribution is -2.60. The van der Waals surface area contributed by atoms with Gasteiger partial charge in [-0.2, -0.15) is 4.59 Å². The third-order valence-corrected chi connectivity index (χ3v) is 8.95. The SMILES string of the molecule is O=C(C1=CC2=CC=C[N@@+]2(N2CCN(c3nc4cc(Cl)ccc4n3-c3ccccc3)CC2)C1)N1CCSC1. The molecule has 9 heteroatoms. The first-order chi connectivity index (χ1) is 18.1. The van der Waals surface area contributed by atoms with E-state index in [1.165, 1.54) is 5.70 Å². The lowest BCUT2D eigenvalue weighted by Gasteiger charge is -2.44. The Hall–Kier alpha value is -3.04. The highest BCUT2D eigenvalue weighted by Gasteiger charge is 2.48. The van der Waals surface area contributed by atoms with Crippen LogP contribution in [0.5, 0.6) is 0 Å². The van der Waals surface area contributed by atoms with Crippen LogP contribution in [0, 0.1) is 0 Å². The Morgan fingerprint density at radius 3 is 2.65 bits per heavy atom. The van der Waals surface area contributed by atoms with Crippen molar-refractivity contribution in [1.82, 2.24) is 19.5 Å². The predicted octanol–water partition coefficient (Wildman–Crippen LogP) is 4.42. The van der Waals surface area contributed by atoms with Crippen molar-refractivity contribution in [3.05, 3.63) is 89.3 Å². The normalized spacial score (nSPS) is 23.6. The van der Waals surface area contributed by atoms with Crippen molar-refractivity contribution in [2.75, 3.05) is 55.8 Å². The highest BCUT2D eigenvalue weighted by Crippen LogP contribution is 2.38. The van der Waals surface area contributed by atoms with Gasteiger partial charge >= 0.3 is 0 Å². The molecule has 2 saturated heterocycles. The Morgan fingerprint density at radius 2 is 1.86 bits per heavy atom. The van der Waals surface area contributed by atoms with E-state index in [9.17, 15) is 4.79 Å². The van der Waals surface area contributed by atoms with E-state index in [1.54, 1.807) is 0 Å². The molecule has 0 spiro atoms. The van der Waals surface area contributed by atoms with Gasteiger partial charge in [-0.25, -0.2) is 4.98 Å². The molecule has 0 radical (unpaired) electrons. The van der Waals surface area contributed by atoms with Crippen molar-refractivity contribution in [3.63, 3.8) is 0 Å². The predicted molar refractivity (Wildman–Crippen MR) is 149 cm³/mol. The summed E-state index contributed by atoms with van der Waals surface area (Å²) < 4.78 is 2.86. The van der Waals surface area contributed by atoms with Crippen molar-refractivity contribution in [1.29, 1.82) is 0 Å². The number of carbonyl (C=O) groups is 1. The van der Waals surface area contributed by atoms with Crippen LogP contribution in [0.3, 0.4) is 0 Å². The molecule has 0 unspecified atom stereocenters. The summed E-state index contributed by atoms with van der Waals surface area (Å²) in [6.45, 7) is 4.98. The Bertz CT molecular complexity index is 1470. The summed E-state index contributed by atoms with van der Waals surface area (Å²) >= 11 is 8.14. The van der Waals surface area contributed by atoms with Crippen LogP contribution in [-0.2, 0) is 4.79 Å². The Balaban J connectivity index is 1.14. The maximum Gasteiger partial charge on any atom is 0.256 e. The first-order valence-electron chi connectivity index (χ1n) is 12.7. The molecule has 4 aliphatic rings. The third-order valence-electron chi connectivity index (χ3n) is 7.75. The Morgan fingerprint density at radius 1 is 1.03 bits per heavy atom. The van der Waals surface area contributed by atoms with Gasteiger partial charge in [0.05, 0.1) is 35.6 Å². The fourth-order valence-corrected chi connectivity index (χ4v) is 7.00. The summed E-state index contributed by atoms with van der Waals surface area (Å²) in [4.78, 5) is 22.5. The highest BCUT2D eigenvalue weighted by molar-refractivity contribution is 7.99. The lowest BCUT2D eigenvalue weighted by atomic mass is 10.2. The molecular formula is C28H28ClN6OS+. The molecule has 1 atom stereocenters. The first-order valence-corrected chi connectivity index (χ1v) is 14.2. The Labute approximate surface area is 225 Å². The minimum atomic E-state index is 0.195. The van der Waals surface area contributed by atoms with E-state index in [0.29, 0.717) is 16.2 Å². The molecule has 0 aliphatic carbocycles. The van der Waals surface area contributed by atoms with E-state index >= 15 is 0 Å². The average Bonchev–Trinajstić information content (AvgIpc) is 3.71. The van der Waals surface area contributed by atoms with Crippen molar-refractivity contribution in [2.45, 2.75) is 0 Å². The number of para-hydroxylation sites is 1. The quantitative estimate of drug-likeness (QED) is 0.466. The number of halogens is 1. The van der Waals surface area contributed by atoms with E-state index in [2.05, 4.69) is 69.2 Å². The van der Waals surface area contributed by atoms with E-state index < -0.39 is 0 Å². The summed E-state index contributed by atoms with van der Waals surface area (Å²) in [5.74, 6) is 2.97. The molecule has 5 heterocycles. The number of imidazole rings is 1. The van der Waals surface area contributed by atoms with Crippen LogP contribution in [0.15, 0.2) is 84.2 Å². The van der Waals surface area contributed by atoms with E-state index in [1.807, 2.05) is 34.9 Å². The van der Waals surface area contributed by atoms with Crippen molar-refractivity contribution in [2.24, 2.45) is 0 Å². The zero-order valence-corrected chi connectivity index (χ0v) is 22.0. The molecule has 4 aliphatic heterocycles. The third kappa shape index (κ3) is 3.82. The van der Waals surface area contributed by atoms with Gasteiger partial charge in [-0.3, -0.25) is 9.36 Å².